The molecule has 1 amide bonds. The van der Waals surface area contributed by atoms with E-state index >= 15 is 0 Å². The number of primary amides is 1. The summed E-state index contributed by atoms with van der Waals surface area (Å²) in [7, 11) is 0. The van der Waals surface area contributed by atoms with Gasteiger partial charge in [0.2, 0.25) is 5.91 Å². The number of hydrogen-bond donors (Lipinski definition) is 2. The number of nitrogens with one attached hydrogen (secondary N) is 1. The smallest absolute Gasteiger partial charge is 0.217 e. The molecule has 3 nitrogen and oxygen atoms in total. The van der Waals surface area contributed by atoms with Crippen molar-refractivity contribution in [3.63, 3.8) is 0 Å². The van der Waals surface area contributed by atoms with Crippen LogP contribution in [0.4, 0.5) is 8.78 Å². The van der Waals surface area contributed by atoms with E-state index in [0.717, 1.165) is 0 Å². The molecule has 3 N–H and O–H groups in total. The van der Waals surface area contributed by atoms with E-state index in [1.807, 2.05) is 0 Å². The summed E-state index contributed by atoms with van der Waals surface area (Å²) in [5.74, 6) is -1.52. The molecule has 1 atom stereocenters. The van der Waals surface area contributed by atoms with E-state index in [4.69, 9.17) is 5.73 Å². The molecule has 94 valence electrons. The van der Waals surface area contributed by atoms with Crippen LogP contribution in [0.3, 0.4) is 0 Å². The quantitative estimate of drug-likeness (QED) is 0.748. The van der Waals surface area contributed by atoms with Crippen molar-refractivity contribution in [2.75, 3.05) is 6.54 Å². The Kier molecular flexibility index (Phi) is 5.03. The Morgan fingerprint density at radius 2 is 2.00 bits per heavy atom. The Hall–Kier alpha value is -1.49. The lowest BCUT2D eigenvalue weighted by Crippen LogP contribution is -2.23. The lowest BCUT2D eigenvalue weighted by Gasteiger charge is -2.15. The van der Waals surface area contributed by atoms with Gasteiger partial charge in [0.25, 0.3) is 0 Å². The largest absolute Gasteiger partial charge is 0.370 e. The summed E-state index contributed by atoms with van der Waals surface area (Å²) in [6.45, 7) is 2.16. The number of nitrogens with two attached hydrogens (primary N) is 1. The van der Waals surface area contributed by atoms with Crippen LogP contribution in [-0.4, -0.2) is 12.5 Å². The summed E-state index contributed by atoms with van der Waals surface area (Å²) >= 11 is 0. The van der Waals surface area contributed by atoms with Crippen LogP contribution >= 0.6 is 0 Å². The molecule has 1 rings (SSSR count). The average Bonchev–Trinajstić information content (AvgIpc) is 2.24. The number of rotatable bonds is 6. The minimum atomic E-state index is -0.570. The van der Waals surface area contributed by atoms with Crippen molar-refractivity contribution >= 4 is 5.91 Å². The molecule has 0 spiro atoms. The van der Waals surface area contributed by atoms with Crippen molar-refractivity contribution in [2.24, 2.45) is 5.73 Å². The highest BCUT2D eigenvalue weighted by Crippen LogP contribution is 2.19. The minimum absolute atomic E-state index is 0.0200. The Morgan fingerprint density at radius 3 is 2.53 bits per heavy atom. The van der Waals surface area contributed by atoms with Gasteiger partial charge in [-0.3, -0.25) is 4.79 Å². The standard InChI is InChI=1S/C12H16F2N2O/c1-8(16-7-3-6-11(15)17)12-9(13)4-2-5-10(12)14/h2,4-5,8,16H,3,6-7H2,1H3,(H2,15,17). The van der Waals surface area contributed by atoms with Crippen molar-refractivity contribution < 1.29 is 13.6 Å². The normalized spacial score (nSPS) is 12.4. The third-order valence-electron chi connectivity index (χ3n) is 2.48. The van der Waals surface area contributed by atoms with E-state index in [1.165, 1.54) is 18.2 Å². The first-order valence-electron chi connectivity index (χ1n) is 5.48. The summed E-state index contributed by atoms with van der Waals surface area (Å²) in [6.07, 6.45) is 0.815. The zero-order valence-corrected chi connectivity index (χ0v) is 9.67. The zero-order valence-electron chi connectivity index (χ0n) is 9.67. The predicted molar refractivity (Wildman–Crippen MR) is 61.2 cm³/mol. The molecular formula is C12H16F2N2O. The molecule has 5 heteroatoms. The first-order valence-corrected chi connectivity index (χ1v) is 5.48. The van der Waals surface area contributed by atoms with Gasteiger partial charge in [-0.25, -0.2) is 8.78 Å². The Balaban J connectivity index is 2.52. The maximum absolute atomic E-state index is 13.4. The van der Waals surface area contributed by atoms with Gasteiger partial charge in [0.1, 0.15) is 11.6 Å². The van der Waals surface area contributed by atoms with E-state index in [-0.39, 0.29) is 17.9 Å². The van der Waals surface area contributed by atoms with E-state index in [0.29, 0.717) is 13.0 Å². The SMILES string of the molecule is CC(NCCCC(N)=O)c1c(F)cccc1F. The van der Waals surface area contributed by atoms with Gasteiger partial charge >= 0.3 is 0 Å². The van der Waals surface area contributed by atoms with Gasteiger partial charge in [-0.1, -0.05) is 6.07 Å². The predicted octanol–water partition coefficient (Wildman–Crippen LogP) is 1.88. The third-order valence-corrected chi connectivity index (χ3v) is 2.48. The summed E-state index contributed by atoms with van der Waals surface area (Å²) in [5.41, 5.74) is 5.00. The first-order chi connectivity index (χ1) is 8.02. The minimum Gasteiger partial charge on any atom is -0.370 e. The van der Waals surface area contributed by atoms with E-state index in [9.17, 15) is 13.6 Å². The van der Waals surface area contributed by atoms with E-state index in [1.54, 1.807) is 6.92 Å². The van der Waals surface area contributed by atoms with Crippen LogP contribution in [0.5, 0.6) is 0 Å². The molecular weight excluding hydrogens is 226 g/mol. The highest BCUT2D eigenvalue weighted by atomic mass is 19.1. The van der Waals surface area contributed by atoms with Crippen LogP contribution in [0.15, 0.2) is 18.2 Å². The van der Waals surface area contributed by atoms with Crippen molar-refractivity contribution in [3.8, 4) is 0 Å². The van der Waals surface area contributed by atoms with Crippen LogP contribution in [0.25, 0.3) is 0 Å². The van der Waals surface area contributed by atoms with E-state index < -0.39 is 17.7 Å². The second kappa shape index (κ2) is 6.30. The molecule has 0 aliphatic rings. The third kappa shape index (κ3) is 4.11. The summed E-state index contributed by atoms with van der Waals surface area (Å²) in [6, 6.07) is 3.33. The zero-order chi connectivity index (χ0) is 12.8. The van der Waals surface area contributed by atoms with Crippen molar-refractivity contribution in [2.45, 2.75) is 25.8 Å². The summed E-state index contributed by atoms with van der Waals surface area (Å²) in [4.78, 5) is 10.5. The fourth-order valence-electron chi connectivity index (χ4n) is 1.61. The van der Waals surface area contributed by atoms with Gasteiger partial charge in [0.15, 0.2) is 0 Å². The number of carbonyl (C=O) groups is 1. The van der Waals surface area contributed by atoms with Gasteiger partial charge < -0.3 is 11.1 Å². The molecule has 0 aliphatic carbocycles. The van der Waals surface area contributed by atoms with Crippen LogP contribution < -0.4 is 11.1 Å². The molecule has 0 fully saturated rings. The molecule has 1 unspecified atom stereocenters. The number of carbonyl (C=O) groups excluding carboxylic acids is 1. The molecule has 0 saturated carbocycles. The number of halogens is 2. The van der Waals surface area contributed by atoms with Crippen molar-refractivity contribution in [1.82, 2.24) is 5.32 Å². The number of benzene rings is 1. The van der Waals surface area contributed by atoms with Crippen LogP contribution in [0.2, 0.25) is 0 Å². The Bertz CT molecular complexity index is 376. The second-order valence-electron chi connectivity index (χ2n) is 3.88. The second-order valence-corrected chi connectivity index (χ2v) is 3.88. The van der Waals surface area contributed by atoms with Gasteiger partial charge in [-0.2, -0.15) is 0 Å². The molecule has 0 aromatic heterocycles. The molecule has 0 radical (unpaired) electrons. The molecule has 0 heterocycles. The topological polar surface area (TPSA) is 55.1 Å². The van der Waals surface area contributed by atoms with Crippen LogP contribution in [0, 0.1) is 11.6 Å². The Labute approximate surface area is 99.0 Å². The Morgan fingerprint density at radius 1 is 1.41 bits per heavy atom. The van der Waals surface area contributed by atoms with Crippen LogP contribution in [0.1, 0.15) is 31.4 Å². The van der Waals surface area contributed by atoms with Crippen molar-refractivity contribution in [3.05, 3.63) is 35.4 Å². The summed E-state index contributed by atoms with van der Waals surface area (Å²) < 4.78 is 26.8. The molecule has 0 saturated heterocycles. The molecule has 1 aromatic rings. The summed E-state index contributed by atoms with van der Waals surface area (Å²) in [5, 5.41) is 2.95. The van der Waals surface area contributed by atoms with Crippen LogP contribution in [-0.2, 0) is 4.79 Å². The number of hydrogen-bond acceptors (Lipinski definition) is 2. The van der Waals surface area contributed by atoms with Crippen molar-refractivity contribution in [1.29, 1.82) is 0 Å². The highest BCUT2D eigenvalue weighted by Gasteiger charge is 2.14. The molecule has 0 aliphatic heterocycles. The fraction of sp³-hybridized carbons (Fsp3) is 0.417. The lowest BCUT2D eigenvalue weighted by atomic mass is 10.1. The average molecular weight is 242 g/mol. The maximum atomic E-state index is 13.4. The van der Waals surface area contributed by atoms with E-state index in [2.05, 4.69) is 5.32 Å². The molecule has 0 bridgehead atoms. The fourth-order valence-corrected chi connectivity index (χ4v) is 1.61. The van der Waals surface area contributed by atoms with Gasteiger partial charge in [0.05, 0.1) is 0 Å². The molecule has 17 heavy (non-hydrogen) atoms. The van der Waals surface area contributed by atoms with Gasteiger partial charge in [-0.15, -0.1) is 0 Å². The van der Waals surface area contributed by atoms with Gasteiger partial charge in [-0.05, 0) is 32.0 Å². The number of amides is 1. The lowest BCUT2D eigenvalue weighted by molar-refractivity contribution is -0.118. The first kappa shape index (κ1) is 13.6. The van der Waals surface area contributed by atoms with Gasteiger partial charge in [0, 0.05) is 18.0 Å². The molecule has 1 aromatic carbocycles. The maximum Gasteiger partial charge on any atom is 0.217 e. The highest BCUT2D eigenvalue weighted by molar-refractivity contribution is 5.73. The monoisotopic (exact) mass is 242 g/mol.